The quantitative estimate of drug-likeness (QED) is 0.407. The van der Waals surface area contributed by atoms with E-state index in [0.717, 1.165) is 16.8 Å². The van der Waals surface area contributed by atoms with Crippen molar-refractivity contribution in [1.29, 1.82) is 0 Å². The topological polar surface area (TPSA) is 64.7 Å². The van der Waals surface area contributed by atoms with Gasteiger partial charge in [0.05, 0.1) is 24.2 Å². The van der Waals surface area contributed by atoms with Crippen LogP contribution >= 0.6 is 11.6 Å². The number of aliphatic imine (C=N–C) groups is 1. The molecule has 0 spiro atoms. The van der Waals surface area contributed by atoms with Gasteiger partial charge in [0.15, 0.2) is 0 Å². The second kappa shape index (κ2) is 6.90. The molecule has 21 heavy (non-hydrogen) atoms. The summed E-state index contributed by atoms with van der Waals surface area (Å²) < 4.78 is 4.67. The Morgan fingerprint density at radius 2 is 1.62 bits per heavy atom. The number of hydrogen-bond donors (Lipinski definition) is 1. The van der Waals surface area contributed by atoms with Gasteiger partial charge in [-0.3, -0.25) is 0 Å². The smallest absolute Gasteiger partial charge is 0.337 e. The second-order valence-electron chi connectivity index (χ2n) is 4.35. The molecule has 0 aliphatic rings. The number of nitrogens with two attached hydrogens (primary N) is 1. The third-order valence-electron chi connectivity index (χ3n) is 2.92. The summed E-state index contributed by atoms with van der Waals surface area (Å²) >= 11 is 5.59. The molecule has 0 heterocycles. The fraction of sp³-hybridized carbons (Fsp3) is 0.125. The number of esters is 1. The lowest BCUT2D eigenvalue weighted by Gasteiger charge is -2.04. The molecule has 0 atom stereocenters. The fourth-order valence-electron chi connectivity index (χ4n) is 1.84. The number of halogens is 1. The van der Waals surface area contributed by atoms with Gasteiger partial charge in [-0.25, -0.2) is 9.79 Å². The van der Waals surface area contributed by atoms with E-state index in [4.69, 9.17) is 17.3 Å². The van der Waals surface area contributed by atoms with Crippen molar-refractivity contribution in [2.75, 3.05) is 13.0 Å². The van der Waals surface area contributed by atoms with Crippen molar-refractivity contribution in [3.05, 3.63) is 54.1 Å². The highest BCUT2D eigenvalue weighted by atomic mass is 35.5. The number of benzene rings is 2. The molecule has 0 fully saturated rings. The van der Waals surface area contributed by atoms with Crippen molar-refractivity contribution in [2.45, 2.75) is 0 Å². The molecular weight excluding hydrogens is 288 g/mol. The van der Waals surface area contributed by atoms with Crippen LogP contribution in [0.1, 0.15) is 10.4 Å². The molecule has 2 aromatic carbocycles. The summed E-state index contributed by atoms with van der Waals surface area (Å²) in [6, 6.07) is 14.8. The molecule has 0 unspecified atom stereocenters. The molecule has 4 nitrogen and oxygen atoms in total. The summed E-state index contributed by atoms with van der Waals surface area (Å²) in [5, 5.41) is 0. The average molecular weight is 303 g/mol. The van der Waals surface area contributed by atoms with E-state index in [-0.39, 0.29) is 11.8 Å². The van der Waals surface area contributed by atoms with Crippen LogP contribution in [0.3, 0.4) is 0 Å². The van der Waals surface area contributed by atoms with Gasteiger partial charge in [0.25, 0.3) is 0 Å². The summed E-state index contributed by atoms with van der Waals surface area (Å²) in [7, 11) is 1.36. The Morgan fingerprint density at radius 1 is 1.10 bits per heavy atom. The van der Waals surface area contributed by atoms with E-state index in [1.54, 1.807) is 12.1 Å². The van der Waals surface area contributed by atoms with E-state index in [2.05, 4.69) is 9.73 Å². The number of amidine groups is 1. The minimum Gasteiger partial charge on any atom is -0.465 e. The lowest BCUT2D eigenvalue weighted by atomic mass is 10.0. The van der Waals surface area contributed by atoms with Gasteiger partial charge >= 0.3 is 5.97 Å². The molecule has 5 heteroatoms. The first-order valence-electron chi connectivity index (χ1n) is 6.32. The number of alkyl halides is 1. The van der Waals surface area contributed by atoms with Gasteiger partial charge in [0.2, 0.25) is 0 Å². The Bertz CT molecular complexity index is 649. The molecule has 0 aliphatic heterocycles. The van der Waals surface area contributed by atoms with Crippen LogP contribution in [-0.4, -0.2) is 24.8 Å². The Labute approximate surface area is 128 Å². The normalized spacial score (nSPS) is 11.2. The zero-order valence-electron chi connectivity index (χ0n) is 11.5. The fourth-order valence-corrected chi connectivity index (χ4v) is 1.90. The number of carbonyl (C=O) groups excluding carboxylic acids is 1. The Balaban J connectivity index is 2.21. The monoisotopic (exact) mass is 302 g/mol. The summed E-state index contributed by atoms with van der Waals surface area (Å²) in [5.41, 5.74) is 8.89. The van der Waals surface area contributed by atoms with Crippen LogP contribution in [0.2, 0.25) is 0 Å². The van der Waals surface area contributed by atoms with Crippen molar-refractivity contribution in [2.24, 2.45) is 10.7 Å². The van der Waals surface area contributed by atoms with Gasteiger partial charge < -0.3 is 10.5 Å². The first-order chi connectivity index (χ1) is 10.1. The maximum absolute atomic E-state index is 11.4. The van der Waals surface area contributed by atoms with Gasteiger partial charge in [0, 0.05) is 0 Å². The predicted molar refractivity (Wildman–Crippen MR) is 85.2 cm³/mol. The van der Waals surface area contributed by atoms with Gasteiger partial charge in [-0.05, 0) is 35.4 Å². The highest BCUT2D eigenvalue weighted by Crippen LogP contribution is 2.23. The number of carbonyl (C=O) groups is 1. The first kappa shape index (κ1) is 15.1. The molecule has 0 bridgehead atoms. The maximum atomic E-state index is 11.4. The minimum atomic E-state index is -0.345. The number of hydrogen-bond acceptors (Lipinski definition) is 3. The lowest BCUT2D eigenvalue weighted by Crippen LogP contribution is -2.12. The van der Waals surface area contributed by atoms with Crippen LogP contribution in [-0.2, 0) is 4.74 Å². The highest BCUT2D eigenvalue weighted by Gasteiger charge is 2.05. The maximum Gasteiger partial charge on any atom is 0.337 e. The van der Waals surface area contributed by atoms with E-state index in [0.29, 0.717) is 11.4 Å². The number of rotatable bonds is 4. The molecule has 0 aliphatic carbocycles. The first-order valence-corrected chi connectivity index (χ1v) is 6.85. The minimum absolute atomic E-state index is 0.205. The number of methoxy groups -OCH3 is 1. The van der Waals surface area contributed by atoms with E-state index < -0.39 is 0 Å². The molecule has 0 saturated carbocycles. The molecule has 0 amide bonds. The molecule has 0 saturated heterocycles. The van der Waals surface area contributed by atoms with Crippen LogP contribution in [0.15, 0.2) is 53.5 Å². The zero-order chi connectivity index (χ0) is 15.2. The van der Waals surface area contributed by atoms with Crippen LogP contribution in [0.4, 0.5) is 5.69 Å². The van der Waals surface area contributed by atoms with Gasteiger partial charge in [-0.1, -0.05) is 24.3 Å². The second-order valence-corrected chi connectivity index (χ2v) is 4.62. The highest BCUT2D eigenvalue weighted by molar-refractivity contribution is 6.28. The largest absolute Gasteiger partial charge is 0.465 e. The lowest BCUT2D eigenvalue weighted by molar-refractivity contribution is 0.0601. The van der Waals surface area contributed by atoms with Crippen molar-refractivity contribution < 1.29 is 9.53 Å². The Kier molecular flexibility index (Phi) is 4.95. The third kappa shape index (κ3) is 3.83. The van der Waals surface area contributed by atoms with Crippen molar-refractivity contribution >= 4 is 29.1 Å². The summed E-state index contributed by atoms with van der Waals surface area (Å²) in [6.07, 6.45) is 0. The predicted octanol–water partition coefficient (Wildman–Crippen LogP) is 3.37. The molecule has 108 valence electrons. The zero-order valence-corrected chi connectivity index (χ0v) is 12.3. The van der Waals surface area contributed by atoms with E-state index in [1.165, 1.54) is 7.11 Å². The number of ether oxygens (including phenoxy) is 1. The molecule has 2 rings (SSSR count). The summed E-state index contributed by atoms with van der Waals surface area (Å²) in [5.74, 6) is 0.242. The van der Waals surface area contributed by atoms with E-state index >= 15 is 0 Å². The van der Waals surface area contributed by atoms with Gasteiger partial charge in [-0.2, -0.15) is 0 Å². The van der Waals surface area contributed by atoms with Crippen molar-refractivity contribution in [3.8, 4) is 11.1 Å². The van der Waals surface area contributed by atoms with E-state index in [9.17, 15) is 4.79 Å². The van der Waals surface area contributed by atoms with Crippen LogP contribution in [0.25, 0.3) is 11.1 Å². The number of nitrogens with zero attached hydrogens (tertiary/aromatic N) is 1. The standard InChI is InChI=1S/C16H15ClN2O2/c1-21-16(20)13-4-2-11(3-5-13)12-6-8-14(9-7-12)19-15(18)10-17/h2-9H,10H2,1H3,(H2,18,19). The Hall–Kier alpha value is -2.33. The van der Waals surface area contributed by atoms with Crippen LogP contribution < -0.4 is 5.73 Å². The van der Waals surface area contributed by atoms with E-state index in [1.807, 2.05) is 36.4 Å². The summed E-state index contributed by atoms with van der Waals surface area (Å²) in [6.45, 7) is 0. The molecule has 0 aromatic heterocycles. The van der Waals surface area contributed by atoms with Crippen LogP contribution in [0.5, 0.6) is 0 Å². The SMILES string of the molecule is COC(=O)c1ccc(-c2ccc(N=C(N)CCl)cc2)cc1. The third-order valence-corrected chi connectivity index (χ3v) is 3.19. The van der Waals surface area contributed by atoms with Crippen molar-refractivity contribution in [3.63, 3.8) is 0 Å². The molecular formula is C16H15ClN2O2. The molecule has 2 aromatic rings. The average Bonchev–Trinajstić information content (AvgIpc) is 2.55. The molecule has 2 N–H and O–H groups in total. The van der Waals surface area contributed by atoms with Crippen LogP contribution in [0, 0.1) is 0 Å². The summed E-state index contributed by atoms with van der Waals surface area (Å²) in [4.78, 5) is 15.5. The van der Waals surface area contributed by atoms with Gasteiger partial charge in [-0.15, -0.1) is 11.6 Å². The van der Waals surface area contributed by atoms with Crippen molar-refractivity contribution in [1.82, 2.24) is 0 Å². The molecule has 0 radical (unpaired) electrons. The van der Waals surface area contributed by atoms with Gasteiger partial charge in [0.1, 0.15) is 5.84 Å². The Morgan fingerprint density at radius 3 is 2.10 bits per heavy atom.